The molecular weight excluding hydrogens is 330 g/mol. The van der Waals surface area contributed by atoms with Gasteiger partial charge in [-0.2, -0.15) is 0 Å². The Balaban J connectivity index is 1.99. The van der Waals surface area contributed by atoms with Crippen molar-refractivity contribution in [3.05, 3.63) is 63.6 Å². The summed E-state index contributed by atoms with van der Waals surface area (Å²) in [5.41, 5.74) is 3.95. The number of nitrogens with one attached hydrogen (secondary N) is 1. The second-order valence-electron chi connectivity index (χ2n) is 4.75. The van der Waals surface area contributed by atoms with Gasteiger partial charge in [0.05, 0.1) is 12.2 Å². The van der Waals surface area contributed by atoms with E-state index in [0.29, 0.717) is 12.2 Å². The van der Waals surface area contributed by atoms with Gasteiger partial charge in [0.1, 0.15) is 0 Å². The van der Waals surface area contributed by atoms with Crippen molar-refractivity contribution >= 4 is 27.6 Å². The summed E-state index contributed by atoms with van der Waals surface area (Å²) in [4.78, 5) is 11.6. The normalized spacial score (nSPS) is 10.2. The molecule has 2 aromatic carbocycles. The molecule has 0 heterocycles. The Kier molecular flexibility index (Phi) is 5.39. The number of ether oxygens (including phenoxy) is 1. The SMILES string of the molecule is CCOC(=O)c1ccc(NCc2ccc(C)cc2Br)cc1. The predicted octanol–water partition coefficient (Wildman–Crippen LogP) is 4.55. The molecule has 4 heteroatoms. The van der Waals surface area contributed by atoms with Gasteiger partial charge in [0, 0.05) is 16.7 Å². The third kappa shape index (κ3) is 4.33. The molecule has 110 valence electrons. The van der Waals surface area contributed by atoms with E-state index in [1.807, 2.05) is 12.1 Å². The molecular formula is C17H18BrNO2. The van der Waals surface area contributed by atoms with Gasteiger partial charge >= 0.3 is 5.97 Å². The van der Waals surface area contributed by atoms with Crippen molar-refractivity contribution in [2.75, 3.05) is 11.9 Å². The summed E-state index contributed by atoms with van der Waals surface area (Å²) in [5, 5.41) is 3.34. The smallest absolute Gasteiger partial charge is 0.338 e. The molecule has 0 fully saturated rings. The molecule has 0 amide bonds. The lowest BCUT2D eigenvalue weighted by Gasteiger charge is -2.09. The van der Waals surface area contributed by atoms with Gasteiger partial charge in [0.2, 0.25) is 0 Å². The zero-order valence-corrected chi connectivity index (χ0v) is 13.7. The van der Waals surface area contributed by atoms with E-state index in [9.17, 15) is 4.79 Å². The minimum atomic E-state index is -0.287. The number of benzene rings is 2. The maximum Gasteiger partial charge on any atom is 0.338 e. The van der Waals surface area contributed by atoms with Crippen LogP contribution in [0.2, 0.25) is 0 Å². The Morgan fingerprint density at radius 2 is 1.90 bits per heavy atom. The number of aryl methyl sites for hydroxylation is 1. The molecule has 0 aromatic heterocycles. The zero-order valence-electron chi connectivity index (χ0n) is 12.2. The third-order valence-corrected chi connectivity index (χ3v) is 3.83. The van der Waals surface area contributed by atoms with Gasteiger partial charge < -0.3 is 10.1 Å². The first-order valence-corrected chi connectivity index (χ1v) is 7.65. The van der Waals surface area contributed by atoms with E-state index >= 15 is 0 Å². The van der Waals surface area contributed by atoms with Crippen LogP contribution in [0.1, 0.15) is 28.4 Å². The van der Waals surface area contributed by atoms with E-state index in [4.69, 9.17) is 4.74 Å². The molecule has 0 unspecified atom stereocenters. The summed E-state index contributed by atoms with van der Waals surface area (Å²) in [6, 6.07) is 13.6. The first-order chi connectivity index (χ1) is 10.1. The molecule has 0 saturated heterocycles. The van der Waals surface area contributed by atoms with Crippen molar-refractivity contribution in [1.82, 2.24) is 0 Å². The highest BCUT2D eigenvalue weighted by Crippen LogP contribution is 2.20. The standard InChI is InChI=1S/C17H18BrNO2/c1-3-21-17(20)13-6-8-15(9-7-13)19-11-14-5-4-12(2)10-16(14)18/h4-10,19H,3,11H2,1-2H3. The Morgan fingerprint density at radius 1 is 1.19 bits per heavy atom. The van der Waals surface area contributed by atoms with Crippen LogP contribution in [0.4, 0.5) is 5.69 Å². The number of hydrogen-bond acceptors (Lipinski definition) is 3. The first-order valence-electron chi connectivity index (χ1n) is 6.86. The summed E-state index contributed by atoms with van der Waals surface area (Å²) >= 11 is 3.57. The Labute approximate surface area is 133 Å². The molecule has 0 atom stereocenters. The minimum absolute atomic E-state index is 0.287. The number of carbonyl (C=O) groups is 1. The lowest BCUT2D eigenvalue weighted by Crippen LogP contribution is -2.05. The molecule has 21 heavy (non-hydrogen) atoms. The van der Waals surface area contributed by atoms with Gasteiger partial charge in [-0.25, -0.2) is 4.79 Å². The molecule has 0 aliphatic heterocycles. The van der Waals surface area contributed by atoms with Crippen molar-refractivity contribution in [1.29, 1.82) is 0 Å². The molecule has 0 saturated carbocycles. The minimum Gasteiger partial charge on any atom is -0.462 e. The second kappa shape index (κ2) is 7.27. The van der Waals surface area contributed by atoms with Crippen LogP contribution >= 0.6 is 15.9 Å². The monoisotopic (exact) mass is 347 g/mol. The van der Waals surface area contributed by atoms with E-state index in [-0.39, 0.29) is 5.97 Å². The molecule has 0 aliphatic carbocycles. The first kappa shape index (κ1) is 15.6. The fourth-order valence-corrected chi connectivity index (χ4v) is 2.57. The Bertz CT molecular complexity index is 623. The summed E-state index contributed by atoms with van der Waals surface area (Å²) in [7, 11) is 0. The number of halogens is 1. The number of anilines is 1. The maximum absolute atomic E-state index is 11.6. The molecule has 0 aliphatic rings. The van der Waals surface area contributed by atoms with E-state index in [1.165, 1.54) is 11.1 Å². The van der Waals surface area contributed by atoms with Gasteiger partial charge in [0.15, 0.2) is 0 Å². The van der Waals surface area contributed by atoms with Crippen LogP contribution in [0.25, 0.3) is 0 Å². The Hall–Kier alpha value is -1.81. The van der Waals surface area contributed by atoms with Gasteiger partial charge in [-0.15, -0.1) is 0 Å². The van der Waals surface area contributed by atoms with Gasteiger partial charge in [-0.3, -0.25) is 0 Å². The average molecular weight is 348 g/mol. The number of rotatable bonds is 5. The van der Waals surface area contributed by atoms with Crippen LogP contribution in [0.15, 0.2) is 46.9 Å². The van der Waals surface area contributed by atoms with Crippen molar-refractivity contribution in [3.63, 3.8) is 0 Å². The van der Waals surface area contributed by atoms with E-state index in [1.54, 1.807) is 19.1 Å². The number of carbonyl (C=O) groups excluding carboxylic acids is 1. The molecule has 3 nitrogen and oxygen atoms in total. The average Bonchev–Trinajstić information content (AvgIpc) is 2.47. The van der Waals surface area contributed by atoms with Crippen molar-refractivity contribution in [2.24, 2.45) is 0 Å². The second-order valence-corrected chi connectivity index (χ2v) is 5.60. The van der Waals surface area contributed by atoms with Crippen molar-refractivity contribution in [2.45, 2.75) is 20.4 Å². The van der Waals surface area contributed by atoms with E-state index in [2.05, 4.69) is 46.4 Å². The molecule has 0 spiro atoms. The largest absolute Gasteiger partial charge is 0.462 e. The molecule has 0 bridgehead atoms. The summed E-state index contributed by atoms with van der Waals surface area (Å²) < 4.78 is 6.05. The number of hydrogen-bond donors (Lipinski definition) is 1. The highest BCUT2D eigenvalue weighted by molar-refractivity contribution is 9.10. The van der Waals surface area contributed by atoms with Gasteiger partial charge in [-0.1, -0.05) is 28.1 Å². The van der Waals surface area contributed by atoms with E-state index < -0.39 is 0 Å². The molecule has 1 N–H and O–H groups in total. The zero-order chi connectivity index (χ0) is 15.2. The van der Waals surface area contributed by atoms with Crippen LogP contribution in [0.5, 0.6) is 0 Å². The lowest BCUT2D eigenvalue weighted by molar-refractivity contribution is 0.0526. The predicted molar refractivity (Wildman–Crippen MR) is 88.6 cm³/mol. The lowest BCUT2D eigenvalue weighted by atomic mass is 10.1. The number of esters is 1. The van der Waals surface area contributed by atoms with Crippen molar-refractivity contribution < 1.29 is 9.53 Å². The van der Waals surface area contributed by atoms with E-state index in [0.717, 1.165) is 16.7 Å². The fourth-order valence-electron chi connectivity index (χ4n) is 1.93. The fraction of sp³-hybridized carbons (Fsp3) is 0.235. The molecule has 2 rings (SSSR count). The summed E-state index contributed by atoms with van der Waals surface area (Å²) in [6.45, 7) is 4.98. The van der Waals surface area contributed by atoms with Crippen LogP contribution in [-0.4, -0.2) is 12.6 Å². The van der Waals surface area contributed by atoms with Gasteiger partial charge in [-0.05, 0) is 55.3 Å². The quantitative estimate of drug-likeness (QED) is 0.806. The Morgan fingerprint density at radius 3 is 2.52 bits per heavy atom. The summed E-state index contributed by atoms with van der Waals surface area (Å²) in [6.07, 6.45) is 0. The van der Waals surface area contributed by atoms with Crippen LogP contribution in [0, 0.1) is 6.92 Å². The third-order valence-electron chi connectivity index (χ3n) is 3.09. The summed E-state index contributed by atoms with van der Waals surface area (Å²) in [5.74, 6) is -0.287. The molecule has 0 radical (unpaired) electrons. The maximum atomic E-state index is 11.6. The highest BCUT2D eigenvalue weighted by atomic mass is 79.9. The molecule has 2 aromatic rings. The van der Waals surface area contributed by atoms with Crippen LogP contribution in [-0.2, 0) is 11.3 Å². The topological polar surface area (TPSA) is 38.3 Å². The van der Waals surface area contributed by atoms with Crippen molar-refractivity contribution in [3.8, 4) is 0 Å². The van der Waals surface area contributed by atoms with Gasteiger partial charge in [0.25, 0.3) is 0 Å². The van der Waals surface area contributed by atoms with Crippen LogP contribution < -0.4 is 5.32 Å². The van der Waals surface area contributed by atoms with Crippen LogP contribution in [0.3, 0.4) is 0 Å². The highest BCUT2D eigenvalue weighted by Gasteiger charge is 2.05.